The Bertz CT molecular complexity index is 780. The zero-order chi connectivity index (χ0) is 19.4. The molecule has 5 nitrogen and oxygen atoms in total. The van der Waals surface area contributed by atoms with Crippen LogP contribution in [-0.2, 0) is 9.53 Å². The molecule has 1 saturated heterocycles. The van der Waals surface area contributed by atoms with E-state index in [1.165, 1.54) is 5.56 Å². The van der Waals surface area contributed by atoms with Gasteiger partial charge in [-0.05, 0) is 46.7 Å². The van der Waals surface area contributed by atoms with Gasteiger partial charge in [0.25, 0.3) is 0 Å². The first-order valence-corrected chi connectivity index (χ1v) is 10.3. The number of halogens is 1. The number of hydrogen-bond acceptors (Lipinski definition) is 5. The van der Waals surface area contributed by atoms with Gasteiger partial charge in [-0.3, -0.25) is 4.79 Å². The summed E-state index contributed by atoms with van der Waals surface area (Å²) < 4.78 is 5.39. The minimum atomic E-state index is -0.438. The topological polar surface area (TPSA) is 63.2 Å². The summed E-state index contributed by atoms with van der Waals surface area (Å²) in [6, 6.07) is 8.33. The molecule has 0 bridgehead atoms. The molecule has 0 radical (unpaired) electrons. The first kappa shape index (κ1) is 22.8. The lowest BCUT2D eigenvalue weighted by Crippen LogP contribution is -2.50. The van der Waals surface area contributed by atoms with E-state index in [2.05, 4.69) is 41.8 Å². The van der Waals surface area contributed by atoms with Crippen LogP contribution in [0.3, 0.4) is 0 Å². The quantitative estimate of drug-likeness (QED) is 0.735. The van der Waals surface area contributed by atoms with Crippen molar-refractivity contribution in [1.82, 2.24) is 15.6 Å². The number of benzene rings is 1. The molecule has 7 heteroatoms. The van der Waals surface area contributed by atoms with Gasteiger partial charge in [0.2, 0.25) is 5.91 Å². The number of aromatic nitrogens is 1. The Labute approximate surface area is 177 Å². The van der Waals surface area contributed by atoms with Crippen LogP contribution in [0, 0.1) is 19.3 Å². The van der Waals surface area contributed by atoms with Crippen molar-refractivity contribution >= 4 is 29.7 Å². The summed E-state index contributed by atoms with van der Waals surface area (Å²) in [5.41, 5.74) is 2.90. The van der Waals surface area contributed by atoms with Gasteiger partial charge >= 0.3 is 0 Å². The number of aryl methyl sites for hydroxylation is 2. The molecule has 28 heavy (non-hydrogen) atoms. The van der Waals surface area contributed by atoms with Gasteiger partial charge in [0.15, 0.2) is 0 Å². The first-order valence-electron chi connectivity index (χ1n) is 9.50. The second kappa shape index (κ2) is 9.83. The van der Waals surface area contributed by atoms with E-state index in [0.29, 0.717) is 6.61 Å². The van der Waals surface area contributed by atoms with Crippen LogP contribution < -0.4 is 10.6 Å². The van der Waals surface area contributed by atoms with E-state index in [9.17, 15) is 4.79 Å². The van der Waals surface area contributed by atoms with E-state index in [1.807, 2.05) is 13.8 Å². The Kier molecular flexibility index (Phi) is 8.01. The van der Waals surface area contributed by atoms with E-state index < -0.39 is 5.41 Å². The maximum atomic E-state index is 13.1. The van der Waals surface area contributed by atoms with Gasteiger partial charge in [-0.25, -0.2) is 4.98 Å². The lowest BCUT2D eigenvalue weighted by Gasteiger charge is -2.36. The number of piperidine rings is 1. The lowest BCUT2D eigenvalue weighted by molar-refractivity contribution is -0.136. The largest absolute Gasteiger partial charge is 0.384 e. The van der Waals surface area contributed by atoms with Gasteiger partial charge in [-0.2, -0.15) is 0 Å². The number of methoxy groups -OCH3 is 1. The number of ether oxygens (including phenoxy) is 1. The summed E-state index contributed by atoms with van der Waals surface area (Å²) in [6.07, 6.45) is 1.60. The molecule has 0 aliphatic carbocycles. The van der Waals surface area contributed by atoms with Crippen LogP contribution in [-0.4, -0.2) is 37.7 Å². The third-order valence-corrected chi connectivity index (χ3v) is 6.72. The molecular weight excluding hydrogens is 394 g/mol. The van der Waals surface area contributed by atoms with Gasteiger partial charge in [0.1, 0.15) is 5.01 Å². The van der Waals surface area contributed by atoms with E-state index in [1.54, 1.807) is 18.4 Å². The molecule has 3 rings (SSSR count). The molecule has 1 unspecified atom stereocenters. The van der Waals surface area contributed by atoms with Crippen molar-refractivity contribution in [3.8, 4) is 10.6 Å². The number of thiazole rings is 1. The minimum absolute atomic E-state index is 0. The van der Waals surface area contributed by atoms with Crippen LogP contribution in [0.4, 0.5) is 0 Å². The third kappa shape index (κ3) is 4.92. The monoisotopic (exact) mass is 423 g/mol. The summed E-state index contributed by atoms with van der Waals surface area (Å²) >= 11 is 1.66. The van der Waals surface area contributed by atoms with Crippen LogP contribution in [0.25, 0.3) is 10.6 Å². The Morgan fingerprint density at radius 3 is 2.54 bits per heavy atom. The summed E-state index contributed by atoms with van der Waals surface area (Å²) in [6.45, 7) is 8.30. The zero-order valence-electron chi connectivity index (χ0n) is 17.0. The highest BCUT2D eigenvalue weighted by molar-refractivity contribution is 7.15. The number of hydrogen-bond donors (Lipinski definition) is 2. The van der Waals surface area contributed by atoms with E-state index in [4.69, 9.17) is 9.72 Å². The molecule has 2 heterocycles. The molecule has 1 aliphatic heterocycles. The van der Waals surface area contributed by atoms with E-state index in [-0.39, 0.29) is 24.4 Å². The number of carbonyl (C=O) groups excluding carboxylic acids is 1. The number of amides is 1. The molecular formula is C21H30ClN3O2S. The van der Waals surface area contributed by atoms with Crippen LogP contribution in [0.5, 0.6) is 0 Å². The van der Waals surface area contributed by atoms with Crippen molar-refractivity contribution in [3.63, 3.8) is 0 Å². The van der Waals surface area contributed by atoms with E-state index >= 15 is 0 Å². The normalized spacial score (nSPS) is 16.9. The molecule has 1 amide bonds. The Morgan fingerprint density at radius 2 is 1.93 bits per heavy atom. The number of carbonyl (C=O) groups is 1. The van der Waals surface area contributed by atoms with Gasteiger partial charge < -0.3 is 15.4 Å². The van der Waals surface area contributed by atoms with Crippen LogP contribution >= 0.6 is 23.7 Å². The Balaban J connectivity index is 0.00000280. The number of nitrogens with zero attached hydrogens (tertiary/aromatic N) is 1. The molecule has 1 aliphatic rings. The summed E-state index contributed by atoms with van der Waals surface area (Å²) in [7, 11) is 1.67. The first-order chi connectivity index (χ1) is 12.9. The average molecular weight is 424 g/mol. The summed E-state index contributed by atoms with van der Waals surface area (Å²) in [4.78, 5) is 18.9. The Hall–Kier alpha value is -1.47. The molecule has 1 fully saturated rings. The van der Waals surface area contributed by atoms with E-state index in [0.717, 1.165) is 47.1 Å². The maximum Gasteiger partial charge on any atom is 0.229 e. The molecule has 2 aromatic rings. The lowest BCUT2D eigenvalue weighted by atomic mass is 9.78. The predicted octanol–water partition coefficient (Wildman–Crippen LogP) is 4.04. The predicted molar refractivity (Wildman–Crippen MR) is 117 cm³/mol. The standard InChI is InChI=1S/C21H29N3O2S.ClH/c1-14-5-7-17(8-6-14)19-23-15(2)18(27-19)16(3)24-20(25)21(13-26-4)9-11-22-12-10-21;/h5-8,16,22H,9-13H2,1-4H3,(H,24,25);1H. The van der Waals surface area contributed by atoms with Crippen molar-refractivity contribution in [3.05, 3.63) is 40.4 Å². The number of nitrogens with one attached hydrogen (secondary N) is 2. The van der Waals surface area contributed by atoms with Gasteiger partial charge in [0, 0.05) is 12.7 Å². The van der Waals surface area contributed by atoms with Crippen molar-refractivity contribution in [2.45, 2.75) is 39.7 Å². The zero-order valence-corrected chi connectivity index (χ0v) is 18.6. The Morgan fingerprint density at radius 1 is 1.29 bits per heavy atom. The molecule has 1 atom stereocenters. The van der Waals surface area contributed by atoms with Gasteiger partial charge in [-0.15, -0.1) is 23.7 Å². The van der Waals surface area contributed by atoms with Crippen LogP contribution in [0.15, 0.2) is 24.3 Å². The fourth-order valence-corrected chi connectivity index (χ4v) is 4.74. The second-order valence-electron chi connectivity index (χ2n) is 7.49. The summed E-state index contributed by atoms with van der Waals surface area (Å²) in [5, 5.41) is 7.56. The second-order valence-corrected chi connectivity index (χ2v) is 8.52. The van der Waals surface area contributed by atoms with Crippen molar-refractivity contribution < 1.29 is 9.53 Å². The highest BCUT2D eigenvalue weighted by Gasteiger charge is 2.40. The van der Waals surface area contributed by atoms with Gasteiger partial charge in [0.05, 0.1) is 28.6 Å². The van der Waals surface area contributed by atoms with Gasteiger partial charge in [-0.1, -0.05) is 29.8 Å². The maximum absolute atomic E-state index is 13.1. The SMILES string of the molecule is COCC1(C(=O)NC(C)c2sc(-c3ccc(C)cc3)nc2C)CCNCC1.Cl. The highest BCUT2D eigenvalue weighted by atomic mass is 35.5. The average Bonchev–Trinajstić information content (AvgIpc) is 3.05. The van der Waals surface area contributed by atoms with Crippen molar-refractivity contribution in [1.29, 1.82) is 0 Å². The fraction of sp³-hybridized carbons (Fsp3) is 0.524. The summed E-state index contributed by atoms with van der Waals surface area (Å²) in [5.74, 6) is 0.0861. The number of rotatable bonds is 6. The molecule has 154 valence electrons. The van der Waals surface area contributed by atoms with Crippen LogP contribution in [0.2, 0.25) is 0 Å². The van der Waals surface area contributed by atoms with Crippen LogP contribution in [0.1, 0.15) is 41.9 Å². The molecule has 1 aromatic heterocycles. The van der Waals surface area contributed by atoms with Crippen molar-refractivity contribution in [2.24, 2.45) is 5.41 Å². The van der Waals surface area contributed by atoms with Crippen molar-refractivity contribution in [2.75, 3.05) is 26.8 Å². The highest BCUT2D eigenvalue weighted by Crippen LogP contribution is 2.34. The fourth-order valence-electron chi connectivity index (χ4n) is 3.66. The molecule has 1 aromatic carbocycles. The molecule has 0 saturated carbocycles. The minimum Gasteiger partial charge on any atom is -0.384 e. The molecule has 0 spiro atoms. The smallest absolute Gasteiger partial charge is 0.229 e. The molecule has 2 N–H and O–H groups in total. The third-order valence-electron chi connectivity index (χ3n) is 5.33.